The maximum absolute atomic E-state index is 12.1. The molecule has 1 saturated heterocycles. The minimum absolute atomic E-state index is 0.0575. The number of ether oxygens (including phenoxy) is 1. The highest BCUT2D eigenvalue weighted by Crippen LogP contribution is 2.29. The highest BCUT2D eigenvalue weighted by Gasteiger charge is 2.24. The van der Waals surface area contributed by atoms with Crippen LogP contribution in [0.25, 0.3) is 10.3 Å². The number of carbonyl (C=O) groups excluding carboxylic acids is 1. The lowest BCUT2D eigenvalue weighted by Gasteiger charge is -2.15. The van der Waals surface area contributed by atoms with Crippen molar-refractivity contribution in [2.75, 3.05) is 25.5 Å². The molecular weight excluding hydrogens is 280 g/mol. The number of nitrogens with two attached hydrogens (primary N) is 1. The van der Waals surface area contributed by atoms with Gasteiger partial charge in [-0.2, -0.15) is 4.98 Å². The molecule has 8 nitrogen and oxygen atoms in total. The Morgan fingerprint density at radius 1 is 1.60 bits per heavy atom. The summed E-state index contributed by atoms with van der Waals surface area (Å²) >= 11 is 1.28. The number of amides is 2. The summed E-state index contributed by atoms with van der Waals surface area (Å²) in [4.78, 5) is 26.8. The van der Waals surface area contributed by atoms with E-state index in [-0.39, 0.29) is 12.1 Å². The van der Waals surface area contributed by atoms with Crippen LogP contribution in [0.15, 0.2) is 6.33 Å². The maximum atomic E-state index is 12.1. The van der Waals surface area contributed by atoms with Crippen LogP contribution < -0.4 is 15.8 Å². The van der Waals surface area contributed by atoms with Crippen molar-refractivity contribution in [3.63, 3.8) is 0 Å². The summed E-state index contributed by atoms with van der Waals surface area (Å²) in [5.74, 6) is 0.398. The average molecular weight is 294 g/mol. The predicted octanol–water partition coefficient (Wildman–Crippen LogP) is 0.660. The molecule has 0 radical (unpaired) electrons. The third-order valence-corrected chi connectivity index (χ3v) is 3.96. The second-order valence-corrected chi connectivity index (χ2v) is 5.46. The minimum Gasteiger partial charge on any atom is -0.479 e. The van der Waals surface area contributed by atoms with Crippen molar-refractivity contribution in [1.29, 1.82) is 0 Å². The second-order valence-electron chi connectivity index (χ2n) is 4.48. The molecule has 1 aliphatic rings. The predicted molar refractivity (Wildman–Crippen MR) is 74.9 cm³/mol. The summed E-state index contributed by atoms with van der Waals surface area (Å²) in [6, 6.07) is -0.133. The summed E-state index contributed by atoms with van der Waals surface area (Å²) in [6.45, 7) is 1.24. The van der Waals surface area contributed by atoms with E-state index in [1.54, 1.807) is 4.90 Å². The Morgan fingerprint density at radius 2 is 2.45 bits per heavy atom. The average Bonchev–Trinajstić information content (AvgIpc) is 3.03. The van der Waals surface area contributed by atoms with Gasteiger partial charge in [0.2, 0.25) is 5.88 Å². The normalized spacial score (nSPS) is 18.5. The fraction of sp³-hybridized carbons (Fsp3) is 0.455. The number of fused-ring (bicyclic) bond motifs is 1. The van der Waals surface area contributed by atoms with Crippen molar-refractivity contribution < 1.29 is 9.53 Å². The number of likely N-dealkylation sites (tertiary alicyclic amines) is 1. The van der Waals surface area contributed by atoms with Gasteiger partial charge in [-0.05, 0) is 6.42 Å². The second kappa shape index (κ2) is 5.17. The molecule has 3 rings (SSSR count). The van der Waals surface area contributed by atoms with E-state index in [1.807, 2.05) is 0 Å². The van der Waals surface area contributed by atoms with Gasteiger partial charge in [-0.15, -0.1) is 0 Å². The number of methoxy groups -OCH3 is 1. The van der Waals surface area contributed by atoms with Crippen molar-refractivity contribution in [2.24, 2.45) is 5.73 Å². The fourth-order valence-electron chi connectivity index (χ4n) is 2.08. The molecule has 0 aliphatic carbocycles. The molecule has 1 unspecified atom stereocenters. The zero-order chi connectivity index (χ0) is 14.1. The lowest BCUT2D eigenvalue weighted by atomic mass is 10.3. The summed E-state index contributed by atoms with van der Waals surface area (Å²) in [5.41, 5.74) is 6.34. The Labute approximate surface area is 119 Å². The van der Waals surface area contributed by atoms with E-state index in [0.717, 1.165) is 6.42 Å². The number of carbonyl (C=O) groups is 1. The molecule has 2 aromatic heterocycles. The Balaban J connectivity index is 1.79. The van der Waals surface area contributed by atoms with E-state index < -0.39 is 0 Å². The number of hydrogen-bond acceptors (Lipinski definition) is 7. The third-order valence-electron chi connectivity index (χ3n) is 3.08. The van der Waals surface area contributed by atoms with E-state index in [2.05, 4.69) is 20.3 Å². The van der Waals surface area contributed by atoms with Crippen LogP contribution in [0.1, 0.15) is 6.42 Å². The van der Waals surface area contributed by atoms with Crippen LogP contribution in [-0.4, -0.2) is 52.1 Å². The van der Waals surface area contributed by atoms with Crippen molar-refractivity contribution >= 4 is 32.8 Å². The quantitative estimate of drug-likeness (QED) is 0.842. The number of hydrogen-bond donors (Lipinski definition) is 2. The van der Waals surface area contributed by atoms with Gasteiger partial charge in [-0.1, -0.05) is 11.3 Å². The molecule has 1 atom stereocenters. The molecule has 0 aromatic carbocycles. The maximum Gasteiger partial charge on any atom is 0.323 e. The van der Waals surface area contributed by atoms with Gasteiger partial charge in [0, 0.05) is 19.1 Å². The van der Waals surface area contributed by atoms with E-state index in [9.17, 15) is 4.79 Å². The van der Waals surface area contributed by atoms with Gasteiger partial charge in [0.05, 0.1) is 7.11 Å². The van der Waals surface area contributed by atoms with Gasteiger partial charge in [-0.3, -0.25) is 5.32 Å². The Morgan fingerprint density at radius 3 is 3.15 bits per heavy atom. The first-order valence-corrected chi connectivity index (χ1v) is 6.96. The highest BCUT2D eigenvalue weighted by molar-refractivity contribution is 7.22. The molecule has 0 saturated carbocycles. The number of rotatable bonds is 2. The standard InChI is InChI=1S/C11H14N6O2S/c1-19-8-7-9(14-5-13-8)20-10(15-7)16-11(18)17-3-2-6(12)4-17/h5-6H,2-4,12H2,1H3,(H,15,16,18). The van der Waals surface area contributed by atoms with Gasteiger partial charge in [0.15, 0.2) is 15.5 Å². The lowest BCUT2D eigenvalue weighted by molar-refractivity contribution is 0.222. The van der Waals surface area contributed by atoms with Gasteiger partial charge in [0.1, 0.15) is 6.33 Å². The Kier molecular flexibility index (Phi) is 3.36. The van der Waals surface area contributed by atoms with Crippen molar-refractivity contribution in [3.05, 3.63) is 6.33 Å². The Bertz CT molecular complexity index is 645. The SMILES string of the molecule is COc1ncnc2sc(NC(=O)N3CCC(N)C3)nc12. The number of aromatic nitrogens is 3. The topological polar surface area (TPSA) is 106 Å². The molecule has 0 spiro atoms. The van der Waals surface area contributed by atoms with E-state index in [1.165, 1.54) is 24.8 Å². The molecule has 2 amide bonds. The summed E-state index contributed by atoms with van der Waals surface area (Å²) in [6.07, 6.45) is 2.23. The first-order chi connectivity index (χ1) is 9.67. The smallest absolute Gasteiger partial charge is 0.323 e. The minimum atomic E-state index is -0.191. The zero-order valence-corrected chi connectivity index (χ0v) is 11.7. The molecule has 0 bridgehead atoms. The van der Waals surface area contributed by atoms with Crippen LogP contribution in [0, 0.1) is 0 Å². The molecule has 1 fully saturated rings. The van der Waals surface area contributed by atoms with Crippen molar-refractivity contribution in [1.82, 2.24) is 19.9 Å². The number of urea groups is 1. The van der Waals surface area contributed by atoms with E-state index >= 15 is 0 Å². The van der Waals surface area contributed by atoms with Crippen molar-refractivity contribution in [2.45, 2.75) is 12.5 Å². The summed E-state index contributed by atoms with van der Waals surface area (Å²) in [7, 11) is 1.52. The molecule has 106 valence electrons. The lowest BCUT2D eigenvalue weighted by Crippen LogP contribution is -2.35. The number of nitrogens with one attached hydrogen (secondary N) is 1. The van der Waals surface area contributed by atoms with Crippen LogP contribution in [-0.2, 0) is 0 Å². The molecule has 20 heavy (non-hydrogen) atoms. The molecule has 2 aromatic rings. The monoisotopic (exact) mass is 294 g/mol. The van der Waals surface area contributed by atoms with Gasteiger partial charge >= 0.3 is 6.03 Å². The zero-order valence-electron chi connectivity index (χ0n) is 10.9. The van der Waals surface area contributed by atoms with Gasteiger partial charge in [0.25, 0.3) is 0 Å². The summed E-state index contributed by atoms with van der Waals surface area (Å²) < 4.78 is 5.11. The number of nitrogens with zero attached hydrogens (tertiary/aromatic N) is 4. The van der Waals surface area contributed by atoms with E-state index in [0.29, 0.717) is 34.4 Å². The van der Waals surface area contributed by atoms with Gasteiger partial charge in [-0.25, -0.2) is 14.8 Å². The largest absolute Gasteiger partial charge is 0.479 e. The first-order valence-electron chi connectivity index (χ1n) is 6.14. The van der Waals surface area contributed by atoms with Crippen LogP contribution >= 0.6 is 11.3 Å². The molecule has 3 heterocycles. The highest BCUT2D eigenvalue weighted by atomic mass is 32.1. The third kappa shape index (κ3) is 2.37. The van der Waals surface area contributed by atoms with Gasteiger partial charge < -0.3 is 15.4 Å². The number of thiazole rings is 1. The Hall–Kier alpha value is -2.00. The fourth-order valence-corrected chi connectivity index (χ4v) is 2.87. The van der Waals surface area contributed by atoms with Crippen molar-refractivity contribution in [3.8, 4) is 5.88 Å². The molecule has 3 N–H and O–H groups in total. The molecular formula is C11H14N6O2S. The van der Waals surface area contributed by atoms with Crippen LogP contribution in [0.4, 0.5) is 9.93 Å². The summed E-state index contributed by atoms with van der Waals surface area (Å²) in [5, 5.41) is 3.24. The first kappa shape index (κ1) is 13.0. The number of anilines is 1. The molecule has 9 heteroatoms. The van der Waals surface area contributed by atoms with Crippen LogP contribution in [0.5, 0.6) is 5.88 Å². The van der Waals surface area contributed by atoms with Crippen LogP contribution in [0.2, 0.25) is 0 Å². The van der Waals surface area contributed by atoms with E-state index in [4.69, 9.17) is 10.5 Å². The molecule has 1 aliphatic heterocycles. The van der Waals surface area contributed by atoms with Crippen LogP contribution in [0.3, 0.4) is 0 Å².